The number of hydrogen-bond acceptors (Lipinski definition) is 2. The van der Waals surface area contributed by atoms with Gasteiger partial charge in [-0.2, -0.15) is 0 Å². The molecule has 13 heavy (non-hydrogen) atoms. The molecule has 3 heteroatoms. The Bertz CT molecular complexity index is 724. The topological polar surface area (TPSA) is 40.5 Å². The molecule has 0 saturated carbocycles. The summed E-state index contributed by atoms with van der Waals surface area (Å²) in [4.78, 5) is 0. The van der Waals surface area contributed by atoms with Crippen LogP contribution in [0.3, 0.4) is 0 Å². The van der Waals surface area contributed by atoms with Crippen LogP contribution >= 0.6 is 0 Å². The second-order valence-electron chi connectivity index (χ2n) is 2.41. The molecule has 0 aliphatic carbocycles. The largest absolute Gasteiger partial charge is 0.489 e. The van der Waals surface area contributed by atoms with Crippen molar-refractivity contribution in [3.63, 3.8) is 0 Å². The van der Waals surface area contributed by atoms with Gasteiger partial charge in [0.15, 0.2) is 0 Å². The maximum Gasteiger partial charge on any atom is 0.489 e. The molecule has 0 amide bonds. The van der Waals surface area contributed by atoms with Gasteiger partial charge in [0.1, 0.15) is 0 Å². The number of benzene rings is 2. The molecule has 2 aromatic carbocycles. The first kappa shape index (κ1) is 3.44. The molecule has 0 radical (unpaired) electrons. The molecule has 2 N–H and O–H groups in total. The van der Waals surface area contributed by atoms with Crippen molar-refractivity contribution in [3.8, 4) is 0 Å². The summed E-state index contributed by atoms with van der Waals surface area (Å²) in [5.41, 5.74) is -0.493. The molecule has 0 bridgehead atoms. The van der Waals surface area contributed by atoms with Crippen molar-refractivity contribution >= 4 is 23.4 Å². The zero-order valence-electron chi connectivity index (χ0n) is 13.5. The molecule has 0 unspecified atom stereocenters. The summed E-state index contributed by atoms with van der Waals surface area (Å²) in [5, 5.41) is 18.1. The first-order valence-electron chi connectivity index (χ1n) is 7.06. The minimum Gasteiger partial charge on any atom is -0.423 e. The minimum absolute atomic E-state index is 0.292. The van der Waals surface area contributed by atoms with Crippen LogP contribution in [-0.2, 0) is 0 Å². The first-order chi connectivity index (χ1) is 9.20. The molecule has 0 aromatic heterocycles. The number of hydrogen-bond donors (Lipinski definition) is 2. The van der Waals surface area contributed by atoms with Crippen LogP contribution in [0.1, 0.15) is 9.60 Å². The Labute approximate surface area is 86.4 Å². The summed E-state index contributed by atoms with van der Waals surface area (Å²) in [6, 6.07) is -4.07. The second-order valence-corrected chi connectivity index (χ2v) is 2.41. The predicted octanol–water partition coefficient (Wildman–Crippen LogP) is 0.520. The van der Waals surface area contributed by atoms with E-state index in [0.717, 1.165) is 0 Å². The van der Waals surface area contributed by atoms with Crippen LogP contribution in [0.25, 0.3) is 10.8 Å². The highest BCUT2D eigenvalue weighted by molar-refractivity contribution is 6.61. The van der Waals surface area contributed by atoms with E-state index in [9.17, 15) is 10.0 Å². The van der Waals surface area contributed by atoms with E-state index in [-0.39, 0.29) is 10.8 Å². The molecular formula is C10H9BO2. The van der Waals surface area contributed by atoms with Gasteiger partial charge in [-0.05, 0) is 16.2 Å². The van der Waals surface area contributed by atoms with Crippen LogP contribution in [0.15, 0.2) is 42.3 Å². The summed E-state index contributed by atoms with van der Waals surface area (Å²) in [6.07, 6.45) is 0. The third-order valence-electron chi connectivity index (χ3n) is 1.60. The molecular weight excluding hydrogens is 163 g/mol. The Balaban J connectivity index is 3.22. The van der Waals surface area contributed by atoms with Crippen LogP contribution in [0.2, 0.25) is 0 Å². The van der Waals surface area contributed by atoms with Crippen molar-refractivity contribution in [2.45, 2.75) is 0 Å². The van der Waals surface area contributed by atoms with E-state index in [1.807, 2.05) is 0 Å². The highest BCUT2D eigenvalue weighted by atomic mass is 16.4. The zero-order valence-corrected chi connectivity index (χ0v) is 6.47. The van der Waals surface area contributed by atoms with Gasteiger partial charge in [0.05, 0.1) is 9.60 Å². The highest BCUT2D eigenvalue weighted by Gasteiger charge is 2.13. The van der Waals surface area contributed by atoms with Crippen LogP contribution in [0.5, 0.6) is 0 Å². The van der Waals surface area contributed by atoms with E-state index in [4.69, 9.17) is 9.60 Å². The van der Waals surface area contributed by atoms with Gasteiger partial charge in [0, 0.05) is 0 Å². The monoisotopic (exact) mass is 179 g/mol. The average molecular weight is 179 g/mol. The fourth-order valence-corrected chi connectivity index (χ4v) is 1.03. The maximum atomic E-state index is 9.33. The molecule has 0 spiro atoms. The van der Waals surface area contributed by atoms with Gasteiger partial charge in [0.25, 0.3) is 0 Å². The summed E-state index contributed by atoms with van der Waals surface area (Å²) in [6.45, 7) is 0. The lowest BCUT2D eigenvalue weighted by Gasteiger charge is -2.03. The van der Waals surface area contributed by atoms with Crippen LogP contribution in [0, 0.1) is 0 Å². The second kappa shape index (κ2) is 3.20. The van der Waals surface area contributed by atoms with Crippen molar-refractivity contribution in [2.75, 3.05) is 0 Å². The van der Waals surface area contributed by atoms with Crippen LogP contribution < -0.4 is 5.46 Å². The van der Waals surface area contributed by atoms with E-state index in [0.29, 0.717) is 0 Å². The van der Waals surface area contributed by atoms with Gasteiger partial charge in [0.2, 0.25) is 0 Å². The molecule has 0 aliphatic rings. The lowest BCUT2D eigenvalue weighted by Crippen LogP contribution is -2.30. The standard InChI is InChI=1S/C10H9BO2/c12-11(13)10-7-3-5-8-4-1-2-6-9(8)10/h1-7,12-13H/i1D,2D,3D,4D,5D,6D,7D. The first-order valence-corrected chi connectivity index (χ1v) is 3.56. The minimum atomic E-state index is -2.17. The SMILES string of the molecule is [2H]c1c([2H])c([2H])c2c(B(O)O)c([2H])c([2H])c([2H])c2c1[2H]. The Morgan fingerprint density at radius 1 is 1.00 bits per heavy atom. The molecule has 0 saturated heterocycles. The summed E-state index contributed by atoms with van der Waals surface area (Å²) >= 11 is 0. The van der Waals surface area contributed by atoms with Crippen molar-refractivity contribution < 1.29 is 19.6 Å². The van der Waals surface area contributed by atoms with Gasteiger partial charge in [-0.25, -0.2) is 0 Å². The molecule has 0 atom stereocenters. The van der Waals surface area contributed by atoms with E-state index in [1.54, 1.807) is 0 Å². The smallest absolute Gasteiger partial charge is 0.423 e. The third-order valence-corrected chi connectivity index (χ3v) is 1.60. The molecule has 2 nitrogen and oxygen atoms in total. The van der Waals surface area contributed by atoms with E-state index < -0.39 is 54.9 Å². The van der Waals surface area contributed by atoms with E-state index in [1.165, 1.54) is 0 Å². The van der Waals surface area contributed by atoms with Gasteiger partial charge in [-0.1, -0.05) is 42.3 Å². The van der Waals surface area contributed by atoms with Crippen molar-refractivity contribution in [3.05, 3.63) is 42.3 Å². The van der Waals surface area contributed by atoms with Crippen molar-refractivity contribution in [2.24, 2.45) is 0 Å². The number of fused-ring (bicyclic) bond motifs is 1. The predicted molar refractivity (Wildman–Crippen MR) is 53.8 cm³/mol. The Kier molecular flexibility index (Phi) is 0.849. The summed E-state index contributed by atoms with van der Waals surface area (Å²) in [5.74, 6) is 0. The maximum absolute atomic E-state index is 9.33. The zero-order chi connectivity index (χ0) is 15.4. The Morgan fingerprint density at radius 3 is 2.46 bits per heavy atom. The average Bonchev–Trinajstić information content (AvgIpc) is 2.39. The fourth-order valence-electron chi connectivity index (χ4n) is 1.03. The van der Waals surface area contributed by atoms with Crippen LogP contribution in [0.4, 0.5) is 0 Å². The quantitative estimate of drug-likeness (QED) is 0.626. The van der Waals surface area contributed by atoms with E-state index in [2.05, 4.69) is 0 Å². The molecule has 0 fully saturated rings. The van der Waals surface area contributed by atoms with Gasteiger partial charge >= 0.3 is 7.12 Å². The third kappa shape index (κ3) is 1.44. The Hall–Kier alpha value is -1.32. The molecule has 0 aliphatic heterocycles. The van der Waals surface area contributed by atoms with Gasteiger partial charge < -0.3 is 10.0 Å². The normalized spacial score (nSPS) is 17.8. The lowest BCUT2D eigenvalue weighted by atomic mass is 9.77. The molecule has 2 rings (SSSR count). The van der Waals surface area contributed by atoms with Crippen molar-refractivity contribution in [1.82, 2.24) is 0 Å². The lowest BCUT2D eigenvalue weighted by molar-refractivity contribution is 0.426. The summed E-state index contributed by atoms with van der Waals surface area (Å²) < 4.78 is 53.7. The molecule has 0 heterocycles. The Morgan fingerprint density at radius 2 is 1.69 bits per heavy atom. The van der Waals surface area contributed by atoms with Gasteiger partial charge in [-0.3, -0.25) is 0 Å². The van der Waals surface area contributed by atoms with Crippen LogP contribution in [-0.4, -0.2) is 17.2 Å². The number of rotatable bonds is 1. The van der Waals surface area contributed by atoms with E-state index >= 15 is 0 Å². The molecule has 64 valence electrons. The fraction of sp³-hybridized carbons (Fsp3) is 0. The summed E-state index contributed by atoms with van der Waals surface area (Å²) in [7, 11) is -2.17. The van der Waals surface area contributed by atoms with Crippen molar-refractivity contribution in [1.29, 1.82) is 0 Å². The van der Waals surface area contributed by atoms with Gasteiger partial charge in [-0.15, -0.1) is 0 Å². The molecule has 2 aromatic rings. The highest BCUT2D eigenvalue weighted by Crippen LogP contribution is 2.10.